The van der Waals surface area contributed by atoms with Crippen LogP contribution < -0.4 is 10.1 Å². The van der Waals surface area contributed by atoms with Crippen molar-refractivity contribution < 1.29 is 24.4 Å². The standard InChI is InChI=1S/C12H14N2O6/c1-3-13-11(15)7(2)20-10-5-4-8(14(18)19)6-9(10)12(16)17/h4-7H,3H2,1-2H3,(H,13,15)(H,16,17). The lowest BCUT2D eigenvalue weighted by atomic mass is 10.1. The van der Waals surface area contributed by atoms with Crippen molar-refractivity contribution in [2.45, 2.75) is 20.0 Å². The lowest BCUT2D eigenvalue weighted by molar-refractivity contribution is -0.384. The van der Waals surface area contributed by atoms with E-state index in [0.717, 1.165) is 18.2 Å². The number of nitro groups is 1. The number of carboxylic acids is 1. The molecule has 1 aromatic carbocycles. The number of ether oxygens (including phenoxy) is 1. The van der Waals surface area contributed by atoms with Crippen LogP contribution in [0.15, 0.2) is 18.2 Å². The molecule has 1 rings (SSSR count). The zero-order chi connectivity index (χ0) is 15.3. The summed E-state index contributed by atoms with van der Waals surface area (Å²) >= 11 is 0. The first-order chi connectivity index (χ1) is 9.36. The topological polar surface area (TPSA) is 119 Å². The number of carbonyl (C=O) groups excluding carboxylic acids is 1. The molecule has 1 atom stereocenters. The summed E-state index contributed by atoms with van der Waals surface area (Å²) < 4.78 is 5.24. The number of hydrogen-bond donors (Lipinski definition) is 2. The van der Waals surface area contributed by atoms with Crippen LogP contribution in [0.1, 0.15) is 24.2 Å². The van der Waals surface area contributed by atoms with E-state index in [0.29, 0.717) is 6.54 Å². The highest BCUT2D eigenvalue weighted by atomic mass is 16.6. The van der Waals surface area contributed by atoms with Gasteiger partial charge in [0.25, 0.3) is 11.6 Å². The van der Waals surface area contributed by atoms with Crippen LogP contribution in [0.5, 0.6) is 5.75 Å². The highest BCUT2D eigenvalue weighted by molar-refractivity contribution is 5.92. The lowest BCUT2D eigenvalue weighted by Gasteiger charge is -2.15. The molecular weight excluding hydrogens is 268 g/mol. The van der Waals surface area contributed by atoms with Gasteiger partial charge in [-0.25, -0.2) is 4.79 Å². The molecule has 0 aliphatic heterocycles. The quantitative estimate of drug-likeness (QED) is 0.597. The van der Waals surface area contributed by atoms with E-state index >= 15 is 0 Å². The number of nitro benzene ring substituents is 1. The summed E-state index contributed by atoms with van der Waals surface area (Å²) in [5, 5.41) is 22.2. The van der Waals surface area contributed by atoms with E-state index < -0.39 is 22.9 Å². The van der Waals surface area contributed by atoms with Gasteiger partial charge in [-0.05, 0) is 19.9 Å². The Balaban J connectivity index is 3.03. The molecule has 0 aromatic heterocycles. The second-order valence-corrected chi connectivity index (χ2v) is 3.90. The summed E-state index contributed by atoms with van der Waals surface area (Å²) in [6, 6.07) is 3.17. The van der Waals surface area contributed by atoms with Crippen LogP contribution in [0.25, 0.3) is 0 Å². The molecule has 0 aliphatic rings. The number of carboxylic acid groups (broad SMARTS) is 1. The lowest BCUT2D eigenvalue weighted by Crippen LogP contribution is -2.36. The van der Waals surface area contributed by atoms with E-state index in [2.05, 4.69) is 5.32 Å². The number of carbonyl (C=O) groups is 2. The van der Waals surface area contributed by atoms with Gasteiger partial charge in [-0.3, -0.25) is 14.9 Å². The van der Waals surface area contributed by atoms with E-state index in [1.54, 1.807) is 6.92 Å². The number of non-ortho nitro benzene ring substituents is 1. The average molecular weight is 282 g/mol. The minimum absolute atomic E-state index is 0.0955. The molecule has 8 nitrogen and oxygen atoms in total. The van der Waals surface area contributed by atoms with Crippen LogP contribution in [0.2, 0.25) is 0 Å². The summed E-state index contributed by atoms with van der Waals surface area (Å²) in [7, 11) is 0. The minimum Gasteiger partial charge on any atom is -0.480 e. The number of rotatable bonds is 6. The smallest absolute Gasteiger partial charge is 0.339 e. The van der Waals surface area contributed by atoms with Gasteiger partial charge in [-0.2, -0.15) is 0 Å². The molecule has 20 heavy (non-hydrogen) atoms. The first-order valence-corrected chi connectivity index (χ1v) is 5.83. The Bertz CT molecular complexity index is 543. The van der Waals surface area contributed by atoms with E-state index in [1.165, 1.54) is 6.92 Å². The summed E-state index contributed by atoms with van der Waals surface area (Å²) in [6.45, 7) is 3.61. The molecule has 0 heterocycles. The first-order valence-electron chi connectivity index (χ1n) is 5.83. The van der Waals surface area contributed by atoms with Crippen molar-refractivity contribution >= 4 is 17.6 Å². The van der Waals surface area contributed by atoms with Gasteiger partial charge in [0, 0.05) is 18.7 Å². The van der Waals surface area contributed by atoms with Gasteiger partial charge in [-0.15, -0.1) is 0 Å². The second kappa shape index (κ2) is 6.50. The molecule has 0 radical (unpaired) electrons. The molecule has 1 amide bonds. The van der Waals surface area contributed by atoms with Crippen molar-refractivity contribution in [2.24, 2.45) is 0 Å². The Labute approximate surface area is 114 Å². The van der Waals surface area contributed by atoms with E-state index in [1.807, 2.05) is 0 Å². The predicted octanol–water partition coefficient (Wildman–Crippen LogP) is 1.20. The van der Waals surface area contributed by atoms with Gasteiger partial charge in [-0.1, -0.05) is 0 Å². The molecule has 0 spiro atoms. The largest absolute Gasteiger partial charge is 0.480 e. The van der Waals surface area contributed by atoms with Crippen molar-refractivity contribution in [3.8, 4) is 5.75 Å². The minimum atomic E-state index is -1.37. The van der Waals surface area contributed by atoms with Gasteiger partial charge in [0.1, 0.15) is 11.3 Å². The molecule has 2 N–H and O–H groups in total. The van der Waals surface area contributed by atoms with E-state index in [-0.39, 0.29) is 17.0 Å². The van der Waals surface area contributed by atoms with Crippen LogP contribution in [0, 0.1) is 10.1 Å². The molecule has 8 heteroatoms. The monoisotopic (exact) mass is 282 g/mol. The fourth-order valence-corrected chi connectivity index (χ4v) is 1.46. The highest BCUT2D eigenvalue weighted by Crippen LogP contribution is 2.25. The molecule has 0 bridgehead atoms. The summed E-state index contributed by atoms with van der Waals surface area (Å²) in [6.07, 6.45) is -0.908. The fourth-order valence-electron chi connectivity index (χ4n) is 1.46. The number of nitrogens with one attached hydrogen (secondary N) is 1. The van der Waals surface area contributed by atoms with Gasteiger partial charge < -0.3 is 15.2 Å². The first kappa shape index (κ1) is 15.4. The van der Waals surface area contributed by atoms with Crippen LogP contribution >= 0.6 is 0 Å². The molecular formula is C12H14N2O6. The van der Waals surface area contributed by atoms with Gasteiger partial charge in [0.2, 0.25) is 0 Å². The van der Waals surface area contributed by atoms with E-state index in [9.17, 15) is 19.7 Å². The van der Waals surface area contributed by atoms with Crippen molar-refractivity contribution in [3.05, 3.63) is 33.9 Å². The third-order valence-electron chi connectivity index (χ3n) is 2.43. The van der Waals surface area contributed by atoms with Crippen molar-refractivity contribution in [1.29, 1.82) is 0 Å². The second-order valence-electron chi connectivity index (χ2n) is 3.90. The number of nitrogens with zero attached hydrogens (tertiary/aromatic N) is 1. The third kappa shape index (κ3) is 3.67. The molecule has 0 aliphatic carbocycles. The Morgan fingerprint density at radius 1 is 1.50 bits per heavy atom. The Hall–Kier alpha value is -2.64. The number of benzene rings is 1. The Morgan fingerprint density at radius 3 is 2.65 bits per heavy atom. The zero-order valence-corrected chi connectivity index (χ0v) is 11.0. The number of hydrogen-bond acceptors (Lipinski definition) is 5. The number of amides is 1. The van der Waals surface area contributed by atoms with Gasteiger partial charge in [0.15, 0.2) is 6.10 Å². The van der Waals surface area contributed by atoms with E-state index in [4.69, 9.17) is 9.84 Å². The maximum absolute atomic E-state index is 11.5. The highest BCUT2D eigenvalue weighted by Gasteiger charge is 2.21. The van der Waals surface area contributed by atoms with Crippen LogP contribution in [0.4, 0.5) is 5.69 Å². The third-order valence-corrected chi connectivity index (χ3v) is 2.43. The SMILES string of the molecule is CCNC(=O)C(C)Oc1ccc([N+](=O)[O-])cc1C(=O)O. The molecule has 0 saturated heterocycles. The number of likely N-dealkylation sites (N-methyl/N-ethyl adjacent to an activating group) is 1. The number of aromatic carboxylic acids is 1. The van der Waals surface area contributed by atoms with Gasteiger partial charge in [0.05, 0.1) is 4.92 Å². The molecule has 1 unspecified atom stereocenters. The molecule has 0 saturated carbocycles. The van der Waals surface area contributed by atoms with Crippen molar-refractivity contribution in [1.82, 2.24) is 5.32 Å². The summed E-state index contributed by atoms with van der Waals surface area (Å²) in [5.41, 5.74) is -0.726. The van der Waals surface area contributed by atoms with Crippen LogP contribution in [-0.2, 0) is 4.79 Å². The van der Waals surface area contributed by atoms with Crippen molar-refractivity contribution in [2.75, 3.05) is 6.54 Å². The fraction of sp³-hybridized carbons (Fsp3) is 0.333. The van der Waals surface area contributed by atoms with Crippen LogP contribution in [-0.4, -0.2) is 34.6 Å². The molecule has 1 aromatic rings. The molecule has 108 valence electrons. The van der Waals surface area contributed by atoms with Crippen molar-refractivity contribution in [3.63, 3.8) is 0 Å². The Morgan fingerprint density at radius 2 is 2.15 bits per heavy atom. The normalized spacial score (nSPS) is 11.5. The maximum atomic E-state index is 11.5. The maximum Gasteiger partial charge on any atom is 0.339 e. The Kier molecular flexibility index (Phi) is 5.01. The summed E-state index contributed by atoms with van der Waals surface area (Å²) in [5.74, 6) is -1.86. The summed E-state index contributed by atoms with van der Waals surface area (Å²) in [4.78, 5) is 32.5. The zero-order valence-electron chi connectivity index (χ0n) is 11.0. The predicted molar refractivity (Wildman–Crippen MR) is 68.8 cm³/mol. The molecule has 0 fully saturated rings. The van der Waals surface area contributed by atoms with Crippen LogP contribution in [0.3, 0.4) is 0 Å². The average Bonchev–Trinajstić information content (AvgIpc) is 2.38. The van der Waals surface area contributed by atoms with Gasteiger partial charge >= 0.3 is 5.97 Å².